The molecule has 0 spiro atoms. The predicted octanol–water partition coefficient (Wildman–Crippen LogP) is 5.46. The fourth-order valence-corrected chi connectivity index (χ4v) is 2.40. The van der Waals surface area contributed by atoms with Gasteiger partial charge in [-0.1, -0.05) is 79.3 Å². The Bertz CT molecular complexity index is 659. The Morgan fingerprint density at radius 2 is 1.82 bits per heavy atom. The largest absolute Gasteiger partial charge is 0.419 e. The Kier molecular flexibility index (Phi) is 5.17. The lowest BCUT2D eigenvalue weighted by Gasteiger charge is -2.24. The minimum absolute atomic E-state index is 0.0647. The number of hydrogen-bond acceptors (Lipinski definition) is 4. The minimum atomic E-state index is -1.73. The van der Waals surface area contributed by atoms with Crippen molar-refractivity contribution in [3.05, 3.63) is 40.6 Å². The van der Waals surface area contributed by atoms with Gasteiger partial charge in [0.25, 0.3) is 9.68 Å². The van der Waals surface area contributed by atoms with Gasteiger partial charge in [0.05, 0.1) is 17.3 Å². The lowest BCUT2D eigenvalue weighted by molar-refractivity contribution is 0.461. The normalized spacial score (nSPS) is 12.5. The van der Waals surface area contributed by atoms with Crippen molar-refractivity contribution in [2.75, 3.05) is 5.32 Å². The zero-order valence-corrected chi connectivity index (χ0v) is 15.3. The number of anilines is 1. The molecule has 1 N–H and O–H groups in total. The summed E-state index contributed by atoms with van der Waals surface area (Å²) in [6, 6.07) is 5.76. The van der Waals surface area contributed by atoms with E-state index in [9.17, 15) is 0 Å². The van der Waals surface area contributed by atoms with Gasteiger partial charge in [0, 0.05) is 0 Å². The Hall–Kier alpha value is -0.680. The number of aromatic nitrogens is 2. The molecule has 4 nitrogen and oxygen atoms in total. The van der Waals surface area contributed by atoms with E-state index in [0.717, 1.165) is 11.3 Å². The lowest BCUT2D eigenvalue weighted by Crippen LogP contribution is -2.15. The average molecular weight is 383 g/mol. The molecule has 0 saturated heterocycles. The zero-order chi connectivity index (χ0) is 16.5. The van der Waals surface area contributed by atoms with Gasteiger partial charge in [0.15, 0.2) is 0 Å². The molecule has 0 atom stereocenters. The van der Waals surface area contributed by atoms with Gasteiger partial charge in [0.2, 0.25) is 5.89 Å². The average Bonchev–Trinajstić information content (AvgIpc) is 2.84. The molecule has 1 heterocycles. The van der Waals surface area contributed by atoms with Crippen LogP contribution in [0.5, 0.6) is 0 Å². The molecule has 2 aromatic rings. The van der Waals surface area contributed by atoms with Crippen LogP contribution in [0.1, 0.15) is 38.1 Å². The van der Waals surface area contributed by atoms with Crippen molar-refractivity contribution in [1.29, 1.82) is 0 Å². The molecule has 1 aromatic carbocycles. The molecule has 8 heteroatoms. The topological polar surface area (TPSA) is 51.0 Å². The highest BCUT2D eigenvalue weighted by atomic mass is 35.6. The summed E-state index contributed by atoms with van der Waals surface area (Å²) in [6.45, 7) is 6.60. The van der Waals surface area contributed by atoms with Gasteiger partial charge < -0.3 is 9.73 Å². The molecule has 0 radical (unpaired) electrons. The van der Waals surface area contributed by atoms with Crippen LogP contribution in [0.4, 0.5) is 5.69 Å². The molecular formula is C14H15Cl4N3O. The number of para-hydroxylation sites is 1. The summed E-state index contributed by atoms with van der Waals surface area (Å²) in [7, 11) is 0. The van der Waals surface area contributed by atoms with E-state index in [4.69, 9.17) is 50.8 Å². The number of benzene rings is 1. The summed E-state index contributed by atoms with van der Waals surface area (Å²) in [5.41, 5.74) is 1.84. The summed E-state index contributed by atoms with van der Waals surface area (Å²) < 4.78 is 3.58. The number of hydrogen-bond donors (Lipinski definition) is 1. The van der Waals surface area contributed by atoms with E-state index < -0.39 is 3.79 Å². The van der Waals surface area contributed by atoms with Gasteiger partial charge in [-0.05, 0) is 17.0 Å². The first kappa shape index (κ1) is 17.7. The SMILES string of the molecule is CC(C)(C)c1cccc(Cl)c1NCc1nnc(C(Cl)(Cl)Cl)o1. The van der Waals surface area contributed by atoms with Crippen LogP contribution in [0.15, 0.2) is 22.6 Å². The highest BCUT2D eigenvalue weighted by Gasteiger charge is 2.30. The molecule has 0 fully saturated rings. The van der Waals surface area contributed by atoms with Crippen LogP contribution in [0, 0.1) is 0 Å². The lowest BCUT2D eigenvalue weighted by atomic mass is 9.86. The predicted molar refractivity (Wildman–Crippen MR) is 91.0 cm³/mol. The highest BCUT2D eigenvalue weighted by Crippen LogP contribution is 2.37. The van der Waals surface area contributed by atoms with E-state index in [1.807, 2.05) is 18.2 Å². The molecule has 0 aliphatic rings. The molecule has 0 unspecified atom stereocenters. The summed E-state index contributed by atoms with van der Waals surface area (Å²) >= 11 is 23.4. The van der Waals surface area contributed by atoms with E-state index in [1.54, 1.807) is 0 Å². The molecule has 0 aliphatic heterocycles. The molecule has 120 valence electrons. The first-order chi connectivity index (χ1) is 10.1. The fourth-order valence-electron chi connectivity index (χ4n) is 1.93. The Morgan fingerprint density at radius 1 is 1.14 bits per heavy atom. The smallest absolute Gasteiger partial charge is 0.268 e. The second-order valence-electron chi connectivity index (χ2n) is 5.76. The van der Waals surface area contributed by atoms with Gasteiger partial charge >= 0.3 is 0 Å². The molecule has 22 heavy (non-hydrogen) atoms. The van der Waals surface area contributed by atoms with Crippen LogP contribution in [-0.2, 0) is 15.8 Å². The third-order valence-corrected chi connectivity index (χ3v) is 3.75. The van der Waals surface area contributed by atoms with Crippen molar-refractivity contribution in [3.8, 4) is 0 Å². The quantitative estimate of drug-likeness (QED) is 0.716. The van der Waals surface area contributed by atoms with Crippen LogP contribution in [0.3, 0.4) is 0 Å². The maximum Gasteiger partial charge on any atom is 0.268 e. The van der Waals surface area contributed by atoms with Crippen LogP contribution < -0.4 is 5.32 Å². The third kappa shape index (κ3) is 4.19. The number of rotatable bonds is 3. The Balaban J connectivity index is 2.20. The van der Waals surface area contributed by atoms with E-state index in [1.165, 1.54) is 0 Å². The monoisotopic (exact) mass is 381 g/mol. The first-order valence-electron chi connectivity index (χ1n) is 6.51. The number of halogens is 4. The van der Waals surface area contributed by atoms with E-state index in [2.05, 4.69) is 36.3 Å². The summed E-state index contributed by atoms with van der Waals surface area (Å²) in [6.07, 6.45) is 0. The fraction of sp³-hybridized carbons (Fsp3) is 0.429. The number of nitrogens with zero attached hydrogens (tertiary/aromatic N) is 2. The van der Waals surface area contributed by atoms with Crippen molar-refractivity contribution in [3.63, 3.8) is 0 Å². The van der Waals surface area contributed by atoms with E-state index >= 15 is 0 Å². The van der Waals surface area contributed by atoms with E-state index in [0.29, 0.717) is 10.9 Å². The third-order valence-electron chi connectivity index (χ3n) is 2.95. The molecule has 0 saturated carbocycles. The number of alkyl halides is 3. The summed E-state index contributed by atoms with van der Waals surface area (Å²) in [4.78, 5) is 0. The van der Waals surface area contributed by atoms with Crippen molar-refractivity contribution in [2.45, 2.75) is 36.5 Å². The second kappa shape index (κ2) is 6.44. The molecule has 0 aliphatic carbocycles. The maximum atomic E-state index is 6.29. The molecule has 1 aromatic heterocycles. The van der Waals surface area contributed by atoms with E-state index in [-0.39, 0.29) is 17.9 Å². The van der Waals surface area contributed by atoms with Crippen molar-refractivity contribution in [2.24, 2.45) is 0 Å². The minimum Gasteiger partial charge on any atom is -0.419 e. The molecule has 2 rings (SSSR count). The zero-order valence-electron chi connectivity index (χ0n) is 12.3. The van der Waals surface area contributed by atoms with Crippen LogP contribution in [0.25, 0.3) is 0 Å². The Labute approximate surface area is 149 Å². The standard InChI is InChI=1S/C14H15Cl4N3O/c1-13(2,3)8-5-4-6-9(15)11(8)19-7-10-20-21-12(22-10)14(16,17)18/h4-6,19H,7H2,1-3H3. The van der Waals surface area contributed by atoms with Crippen LogP contribution >= 0.6 is 46.4 Å². The van der Waals surface area contributed by atoms with Gasteiger partial charge in [-0.25, -0.2) is 0 Å². The first-order valence-corrected chi connectivity index (χ1v) is 8.02. The van der Waals surface area contributed by atoms with Crippen LogP contribution in [0.2, 0.25) is 5.02 Å². The molecular weight excluding hydrogens is 368 g/mol. The summed E-state index contributed by atoms with van der Waals surface area (Å²) in [5, 5.41) is 11.4. The highest BCUT2D eigenvalue weighted by molar-refractivity contribution is 6.66. The van der Waals surface area contributed by atoms with Gasteiger partial charge in [0.1, 0.15) is 0 Å². The molecule has 0 bridgehead atoms. The van der Waals surface area contributed by atoms with Crippen molar-refractivity contribution in [1.82, 2.24) is 10.2 Å². The van der Waals surface area contributed by atoms with Gasteiger partial charge in [-0.2, -0.15) is 0 Å². The molecule has 0 amide bonds. The number of nitrogens with one attached hydrogen (secondary N) is 1. The van der Waals surface area contributed by atoms with Gasteiger partial charge in [-0.15, -0.1) is 10.2 Å². The maximum absolute atomic E-state index is 6.29. The van der Waals surface area contributed by atoms with Crippen molar-refractivity contribution < 1.29 is 4.42 Å². The van der Waals surface area contributed by atoms with Crippen LogP contribution in [-0.4, -0.2) is 10.2 Å². The Morgan fingerprint density at radius 3 is 2.36 bits per heavy atom. The van der Waals surface area contributed by atoms with Gasteiger partial charge in [-0.3, -0.25) is 0 Å². The second-order valence-corrected chi connectivity index (χ2v) is 8.45. The summed E-state index contributed by atoms with van der Waals surface area (Å²) in [5.74, 6) is 0.241. The van der Waals surface area contributed by atoms with Crippen molar-refractivity contribution >= 4 is 52.1 Å².